The number of hydrogen-bond donors (Lipinski definition) is 2. The van der Waals surface area contributed by atoms with Gasteiger partial charge in [0.15, 0.2) is 0 Å². The molecular weight excluding hydrogens is 411 g/mol. The molecule has 7 nitrogen and oxygen atoms in total. The average molecular weight is 429 g/mol. The van der Waals surface area contributed by atoms with Gasteiger partial charge in [0.1, 0.15) is 0 Å². The number of aryl methyl sites for hydroxylation is 1. The van der Waals surface area contributed by atoms with Crippen LogP contribution in [0.15, 0.2) is 53.4 Å². The molecule has 0 spiro atoms. The van der Waals surface area contributed by atoms with E-state index >= 15 is 0 Å². The lowest BCUT2D eigenvalue weighted by molar-refractivity contribution is -0.137. The van der Waals surface area contributed by atoms with Crippen molar-refractivity contribution in [2.24, 2.45) is 0 Å². The van der Waals surface area contributed by atoms with Crippen molar-refractivity contribution < 1.29 is 31.2 Å². The van der Waals surface area contributed by atoms with Crippen LogP contribution in [0.2, 0.25) is 0 Å². The van der Waals surface area contributed by atoms with E-state index in [0.717, 1.165) is 34.1 Å². The molecule has 0 aliphatic heterocycles. The van der Waals surface area contributed by atoms with Crippen LogP contribution in [-0.4, -0.2) is 38.1 Å². The maximum Gasteiger partial charge on any atom is 0.416 e. The first-order chi connectivity index (χ1) is 13.4. The van der Waals surface area contributed by atoms with E-state index in [1.165, 1.54) is 19.2 Å². The summed E-state index contributed by atoms with van der Waals surface area (Å²) in [4.78, 5) is 23.8. The summed E-state index contributed by atoms with van der Waals surface area (Å²) in [6, 6.07) is 9.43. The van der Waals surface area contributed by atoms with E-state index in [-0.39, 0.29) is 10.5 Å². The Balaban J connectivity index is 1.93. The minimum absolute atomic E-state index is 0.00666. The minimum atomic E-state index is -4.53. The third kappa shape index (κ3) is 5.78. The summed E-state index contributed by atoms with van der Waals surface area (Å²) < 4.78 is 63.2. The normalized spacial score (nSPS) is 11.9. The number of likely N-dealkylation sites (N-methyl/N-ethyl adjacent to an activating group) is 1. The standard InChI is InChI=1S/C18H18F3N3O4S/c1-12-3-9-15(10-4-12)29(27,28)24(2)11-16(25)22-23-17(26)13-5-7-14(8-6-13)18(19,20)21/h3-10H,11H2,1-2H3,(H,22,25)(H,23,26). The van der Waals surface area contributed by atoms with Gasteiger partial charge in [0, 0.05) is 12.6 Å². The minimum Gasteiger partial charge on any atom is -0.272 e. The lowest BCUT2D eigenvalue weighted by atomic mass is 10.1. The molecule has 0 saturated carbocycles. The Morgan fingerprint density at radius 3 is 2.03 bits per heavy atom. The highest BCUT2D eigenvalue weighted by atomic mass is 32.2. The van der Waals surface area contributed by atoms with E-state index in [9.17, 15) is 31.2 Å². The predicted octanol–water partition coefficient (Wildman–Crippen LogP) is 2.10. The zero-order valence-electron chi connectivity index (χ0n) is 15.4. The van der Waals surface area contributed by atoms with Crippen LogP contribution in [0.4, 0.5) is 13.2 Å². The van der Waals surface area contributed by atoms with Gasteiger partial charge >= 0.3 is 6.18 Å². The van der Waals surface area contributed by atoms with Crippen LogP contribution in [0.1, 0.15) is 21.5 Å². The molecule has 11 heteroatoms. The van der Waals surface area contributed by atoms with Crippen molar-refractivity contribution in [3.63, 3.8) is 0 Å². The molecule has 2 rings (SSSR count). The van der Waals surface area contributed by atoms with Crippen LogP contribution >= 0.6 is 0 Å². The van der Waals surface area contributed by atoms with Gasteiger partial charge in [-0.3, -0.25) is 20.4 Å². The third-order valence-electron chi connectivity index (χ3n) is 3.89. The molecule has 0 aromatic heterocycles. The fourth-order valence-electron chi connectivity index (χ4n) is 2.23. The summed E-state index contributed by atoms with van der Waals surface area (Å²) in [6.45, 7) is 1.22. The Bertz CT molecular complexity index is 989. The molecule has 0 saturated heterocycles. The van der Waals surface area contributed by atoms with Crippen molar-refractivity contribution in [3.8, 4) is 0 Å². The van der Waals surface area contributed by atoms with Gasteiger partial charge in [0.2, 0.25) is 10.0 Å². The van der Waals surface area contributed by atoms with Gasteiger partial charge in [-0.25, -0.2) is 8.42 Å². The number of nitrogens with one attached hydrogen (secondary N) is 2. The van der Waals surface area contributed by atoms with Crippen molar-refractivity contribution in [1.29, 1.82) is 0 Å². The molecule has 29 heavy (non-hydrogen) atoms. The first kappa shape index (κ1) is 22.4. The van der Waals surface area contributed by atoms with Crippen LogP contribution in [-0.2, 0) is 21.0 Å². The number of hydrogen-bond acceptors (Lipinski definition) is 4. The van der Waals surface area contributed by atoms with E-state index in [1.54, 1.807) is 19.1 Å². The molecule has 2 amide bonds. The Hall–Kier alpha value is -2.92. The van der Waals surface area contributed by atoms with Gasteiger partial charge in [-0.15, -0.1) is 0 Å². The van der Waals surface area contributed by atoms with Crippen molar-refractivity contribution >= 4 is 21.8 Å². The highest BCUT2D eigenvalue weighted by Gasteiger charge is 2.30. The van der Waals surface area contributed by atoms with Gasteiger partial charge in [-0.1, -0.05) is 17.7 Å². The topological polar surface area (TPSA) is 95.6 Å². The van der Waals surface area contributed by atoms with E-state index in [1.807, 2.05) is 10.9 Å². The number of nitrogens with zero attached hydrogens (tertiary/aromatic N) is 1. The van der Waals surface area contributed by atoms with Crippen LogP contribution in [0.25, 0.3) is 0 Å². The molecule has 0 aliphatic rings. The number of benzene rings is 2. The van der Waals surface area contributed by atoms with Crippen molar-refractivity contribution in [3.05, 3.63) is 65.2 Å². The van der Waals surface area contributed by atoms with E-state index in [2.05, 4.69) is 0 Å². The van der Waals surface area contributed by atoms with Gasteiger partial charge in [0.05, 0.1) is 17.0 Å². The molecule has 0 atom stereocenters. The van der Waals surface area contributed by atoms with Crippen LogP contribution in [0, 0.1) is 6.92 Å². The molecule has 2 aromatic rings. The lowest BCUT2D eigenvalue weighted by Gasteiger charge is -2.17. The fraction of sp³-hybridized carbons (Fsp3) is 0.222. The lowest BCUT2D eigenvalue weighted by Crippen LogP contribution is -2.46. The predicted molar refractivity (Wildman–Crippen MR) is 98.0 cm³/mol. The number of alkyl halides is 3. The van der Waals surface area contributed by atoms with Crippen molar-refractivity contribution in [1.82, 2.24) is 15.2 Å². The number of amides is 2. The Morgan fingerprint density at radius 2 is 1.52 bits per heavy atom. The highest BCUT2D eigenvalue weighted by Crippen LogP contribution is 2.29. The van der Waals surface area contributed by atoms with Crippen LogP contribution < -0.4 is 10.9 Å². The molecule has 2 N–H and O–H groups in total. The van der Waals surface area contributed by atoms with Gasteiger partial charge in [0.25, 0.3) is 11.8 Å². The van der Waals surface area contributed by atoms with Crippen LogP contribution in [0.3, 0.4) is 0 Å². The largest absolute Gasteiger partial charge is 0.416 e. The smallest absolute Gasteiger partial charge is 0.272 e. The summed E-state index contributed by atoms with van der Waals surface area (Å²) in [6.07, 6.45) is -4.53. The molecule has 0 aliphatic carbocycles. The molecule has 0 heterocycles. The fourth-order valence-corrected chi connectivity index (χ4v) is 3.35. The molecule has 0 radical (unpaired) electrons. The number of sulfonamides is 1. The Kier molecular flexibility index (Phi) is 6.65. The third-order valence-corrected chi connectivity index (χ3v) is 5.70. The summed E-state index contributed by atoms with van der Waals surface area (Å²) >= 11 is 0. The van der Waals surface area contributed by atoms with Crippen molar-refractivity contribution in [2.75, 3.05) is 13.6 Å². The van der Waals surface area contributed by atoms with E-state index in [4.69, 9.17) is 0 Å². The first-order valence-electron chi connectivity index (χ1n) is 8.20. The summed E-state index contributed by atoms with van der Waals surface area (Å²) in [5.74, 6) is -1.68. The number of carbonyl (C=O) groups is 2. The SMILES string of the molecule is Cc1ccc(S(=O)(=O)N(C)CC(=O)NNC(=O)c2ccc(C(F)(F)F)cc2)cc1. The number of halogens is 3. The maximum atomic E-state index is 12.5. The quantitative estimate of drug-likeness (QED) is 0.712. The molecule has 0 bridgehead atoms. The molecule has 0 fully saturated rings. The average Bonchev–Trinajstić information content (AvgIpc) is 2.65. The number of carbonyl (C=O) groups excluding carboxylic acids is 2. The maximum absolute atomic E-state index is 12.5. The van der Waals surface area contributed by atoms with Gasteiger partial charge < -0.3 is 0 Å². The second kappa shape index (κ2) is 8.62. The summed E-state index contributed by atoms with van der Waals surface area (Å²) in [7, 11) is -2.71. The number of rotatable bonds is 5. The second-order valence-corrected chi connectivity index (χ2v) is 8.20. The molecule has 0 unspecified atom stereocenters. The highest BCUT2D eigenvalue weighted by molar-refractivity contribution is 7.89. The van der Waals surface area contributed by atoms with E-state index < -0.39 is 40.1 Å². The zero-order chi connectivity index (χ0) is 21.8. The first-order valence-corrected chi connectivity index (χ1v) is 9.65. The number of hydrazine groups is 1. The van der Waals surface area contributed by atoms with E-state index in [0.29, 0.717) is 0 Å². The van der Waals surface area contributed by atoms with Gasteiger partial charge in [-0.2, -0.15) is 17.5 Å². The molecule has 2 aromatic carbocycles. The second-order valence-electron chi connectivity index (χ2n) is 6.15. The summed E-state index contributed by atoms with van der Waals surface area (Å²) in [5.41, 5.74) is 3.89. The Labute approximate surface area is 165 Å². The summed E-state index contributed by atoms with van der Waals surface area (Å²) in [5, 5.41) is 0. The molecule has 156 valence electrons. The monoisotopic (exact) mass is 429 g/mol. The van der Waals surface area contributed by atoms with Crippen LogP contribution in [0.5, 0.6) is 0 Å². The van der Waals surface area contributed by atoms with Gasteiger partial charge in [-0.05, 0) is 43.3 Å². The Morgan fingerprint density at radius 1 is 0.966 bits per heavy atom. The molecular formula is C18H18F3N3O4S. The zero-order valence-corrected chi connectivity index (χ0v) is 16.3. The van der Waals surface area contributed by atoms with Crippen molar-refractivity contribution in [2.45, 2.75) is 18.0 Å².